The van der Waals surface area contributed by atoms with Gasteiger partial charge in [0.05, 0.1) is 6.08 Å². The van der Waals surface area contributed by atoms with E-state index in [1.54, 1.807) is 6.92 Å². The maximum Gasteiger partial charge on any atom is 0.339 e. The van der Waals surface area contributed by atoms with Crippen LogP contribution in [0.5, 0.6) is 0 Å². The van der Waals surface area contributed by atoms with Gasteiger partial charge in [0.1, 0.15) is 19.0 Å². The van der Waals surface area contributed by atoms with Gasteiger partial charge in [-0.1, -0.05) is 66.4 Å². The lowest BCUT2D eigenvalue weighted by molar-refractivity contribution is -0.139. The zero-order valence-corrected chi connectivity index (χ0v) is 12.5. The predicted molar refractivity (Wildman–Crippen MR) is 84.7 cm³/mol. The van der Waals surface area contributed by atoms with E-state index in [2.05, 4.69) is 5.73 Å². The summed E-state index contributed by atoms with van der Waals surface area (Å²) >= 11 is 0. The van der Waals surface area contributed by atoms with Gasteiger partial charge in [0.2, 0.25) is 0 Å². The molecule has 2 aromatic rings. The Hall–Kier alpha value is -2.77. The first kappa shape index (κ1) is 15.6. The minimum atomic E-state index is -0.438. The Bertz CT molecular complexity index is 654. The van der Waals surface area contributed by atoms with Gasteiger partial charge >= 0.3 is 5.97 Å². The highest BCUT2D eigenvalue weighted by atomic mass is 16.5. The molecule has 0 aliphatic carbocycles. The van der Waals surface area contributed by atoms with Crippen LogP contribution < -0.4 is 0 Å². The number of hydrogen-bond donors (Lipinski definition) is 0. The Balaban J connectivity index is 1.80. The van der Waals surface area contributed by atoms with E-state index in [9.17, 15) is 4.79 Å². The van der Waals surface area contributed by atoms with Gasteiger partial charge in [-0.2, -0.15) is 0 Å². The van der Waals surface area contributed by atoms with Crippen LogP contribution in [0.4, 0.5) is 0 Å². The maximum atomic E-state index is 11.6. The molecule has 0 amide bonds. The van der Waals surface area contributed by atoms with Crippen molar-refractivity contribution in [3.8, 4) is 0 Å². The van der Waals surface area contributed by atoms with E-state index in [0.29, 0.717) is 12.4 Å². The molecule has 0 N–H and O–H groups in total. The lowest BCUT2D eigenvalue weighted by Gasteiger charge is -2.04. The molecule has 22 heavy (non-hydrogen) atoms. The van der Waals surface area contributed by atoms with Crippen LogP contribution in [0, 0.1) is 0 Å². The quantitative estimate of drug-likeness (QED) is 0.349. The van der Waals surface area contributed by atoms with Crippen LogP contribution in [-0.4, -0.2) is 5.97 Å². The third-order valence-corrected chi connectivity index (χ3v) is 2.92. The predicted octanol–water partition coefficient (Wildman–Crippen LogP) is 4.01. The number of rotatable bonds is 6. The van der Waals surface area contributed by atoms with Gasteiger partial charge in [0.15, 0.2) is 0 Å². The van der Waals surface area contributed by atoms with E-state index in [-0.39, 0.29) is 6.61 Å². The molecule has 0 aliphatic rings. The Kier molecular flexibility index (Phi) is 6.03. The van der Waals surface area contributed by atoms with Crippen LogP contribution in [-0.2, 0) is 27.5 Å². The first-order valence-corrected chi connectivity index (χ1v) is 7.05. The molecule has 0 aromatic heterocycles. The van der Waals surface area contributed by atoms with Crippen molar-refractivity contribution in [2.75, 3.05) is 0 Å². The molecule has 0 bridgehead atoms. The molecule has 2 aromatic carbocycles. The normalized spacial score (nSPS) is 9.50. The molecule has 0 saturated carbocycles. The zero-order valence-electron chi connectivity index (χ0n) is 12.5. The summed E-state index contributed by atoms with van der Waals surface area (Å²) in [5, 5.41) is 0. The van der Waals surface area contributed by atoms with Crippen molar-refractivity contribution in [1.82, 2.24) is 0 Å². The highest BCUT2D eigenvalue weighted by Gasteiger charge is 1.98. The number of carbonyl (C=O) groups is 1. The van der Waals surface area contributed by atoms with Gasteiger partial charge < -0.3 is 9.47 Å². The van der Waals surface area contributed by atoms with E-state index >= 15 is 0 Å². The smallest absolute Gasteiger partial charge is 0.339 e. The van der Waals surface area contributed by atoms with Gasteiger partial charge in [-0.3, -0.25) is 0 Å². The number of esters is 1. The van der Waals surface area contributed by atoms with Crippen LogP contribution in [0.1, 0.15) is 18.1 Å². The SMILES string of the molecule is CC(=C=CC(=O)OCc1ccccc1)OCc1ccccc1. The van der Waals surface area contributed by atoms with Crippen molar-refractivity contribution in [2.45, 2.75) is 20.1 Å². The maximum absolute atomic E-state index is 11.6. The van der Waals surface area contributed by atoms with Crippen LogP contribution in [0.15, 0.2) is 78.2 Å². The highest BCUT2D eigenvalue weighted by molar-refractivity contribution is 5.81. The summed E-state index contributed by atoms with van der Waals surface area (Å²) in [6, 6.07) is 19.3. The molecule has 0 radical (unpaired) electrons. The molecule has 0 atom stereocenters. The minimum Gasteiger partial charge on any atom is -0.486 e. The van der Waals surface area contributed by atoms with E-state index < -0.39 is 5.97 Å². The largest absolute Gasteiger partial charge is 0.486 e. The van der Waals surface area contributed by atoms with Gasteiger partial charge in [0.25, 0.3) is 0 Å². The number of ether oxygens (including phenoxy) is 2. The van der Waals surface area contributed by atoms with Crippen LogP contribution in [0.2, 0.25) is 0 Å². The number of benzene rings is 2. The molecular formula is C19H18O3. The van der Waals surface area contributed by atoms with Crippen LogP contribution in [0.25, 0.3) is 0 Å². The van der Waals surface area contributed by atoms with Crippen molar-refractivity contribution in [1.29, 1.82) is 0 Å². The third kappa shape index (κ3) is 5.70. The third-order valence-electron chi connectivity index (χ3n) is 2.92. The van der Waals surface area contributed by atoms with Crippen molar-refractivity contribution in [3.63, 3.8) is 0 Å². The standard InChI is InChI=1S/C19H18O3/c1-16(21-14-17-8-4-2-5-9-17)12-13-19(20)22-15-18-10-6-3-7-11-18/h2-11,13H,14-15H2,1H3. The second-order valence-corrected chi connectivity index (χ2v) is 4.71. The molecule has 0 fully saturated rings. The molecule has 0 spiro atoms. The topological polar surface area (TPSA) is 35.5 Å². The Morgan fingerprint density at radius 1 is 0.909 bits per heavy atom. The molecule has 112 valence electrons. The minimum absolute atomic E-state index is 0.252. The summed E-state index contributed by atoms with van der Waals surface area (Å²) in [6.45, 7) is 2.46. The second kappa shape index (κ2) is 8.50. The van der Waals surface area contributed by atoms with Crippen molar-refractivity contribution >= 4 is 5.97 Å². The van der Waals surface area contributed by atoms with Crippen molar-refractivity contribution in [2.24, 2.45) is 0 Å². The van der Waals surface area contributed by atoms with E-state index in [1.165, 1.54) is 6.08 Å². The fraction of sp³-hybridized carbons (Fsp3) is 0.158. The fourth-order valence-corrected chi connectivity index (χ4v) is 1.74. The van der Waals surface area contributed by atoms with Crippen molar-refractivity contribution in [3.05, 3.63) is 89.4 Å². The van der Waals surface area contributed by atoms with Gasteiger partial charge in [-0.15, -0.1) is 0 Å². The summed E-state index contributed by atoms with van der Waals surface area (Å²) in [5.41, 5.74) is 4.80. The molecule has 0 heterocycles. The van der Waals surface area contributed by atoms with Crippen LogP contribution in [0.3, 0.4) is 0 Å². The van der Waals surface area contributed by atoms with E-state index in [1.807, 2.05) is 60.7 Å². The lowest BCUT2D eigenvalue weighted by atomic mass is 10.2. The number of hydrogen-bond acceptors (Lipinski definition) is 3. The summed E-state index contributed by atoms with van der Waals surface area (Å²) in [4.78, 5) is 11.6. The molecule has 0 saturated heterocycles. The van der Waals surface area contributed by atoms with Gasteiger partial charge in [0, 0.05) is 6.92 Å². The molecule has 0 aliphatic heterocycles. The summed E-state index contributed by atoms with van der Waals surface area (Å²) < 4.78 is 10.6. The zero-order chi connectivity index (χ0) is 15.6. The average molecular weight is 294 g/mol. The average Bonchev–Trinajstić information content (AvgIpc) is 2.58. The van der Waals surface area contributed by atoms with Crippen LogP contribution >= 0.6 is 0 Å². The Labute approximate surface area is 130 Å². The molecule has 0 unspecified atom stereocenters. The summed E-state index contributed by atoms with van der Waals surface area (Å²) in [6.07, 6.45) is 1.25. The van der Waals surface area contributed by atoms with Gasteiger partial charge in [-0.25, -0.2) is 4.79 Å². The summed E-state index contributed by atoms with van der Waals surface area (Å²) in [7, 11) is 0. The lowest BCUT2D eigenvalue weighted by Crippen LogP contribution is -2.00. The van der Waals surface area contributed by atoms with E-state index in [0.717, 1.165) is 11.1 Å². The van der Waals surface area contributed by atoms with Crippen molar-refractivity contribution < 1.29 is 14.3 Å². The first-order valence-electron chi connectivity index (χ1n) is 7.05. The highest BCUT2D eigenvalue weighted by Crippen LogP contribution is 2.04. The van der Waals surface area contributed by atoms with E-state index in [4.69, 9.17) is 9.47 Å². The summed E-state index contributed by atoms with van der Waals surface area (Å²) in [5.74, 6) is 0.104. The first-order chi connectivity index (χ1) is 10.7. The van der Waals surface area contributed by atoms with Gasteiger partial charge in [-0.05, 0) is 11.1 Å². The molecular weight excluding hydrogens is 276 g/mol. The molecule has 2 rings (SSSR count). The molecule has 3 nitrogen and oxygen atoms in total. The fourth-order valence-electron chi connectivity index (χ4n) is 1.74. The Morgan fingerprint density at radius 3 is 1.95 bits per heavy atom. The number of carbonyl (C=O) groups excluding carboxylic acids is 1. The Morgan fingerprint density at radius 2 is 1.41 bits per heavy atom. The second-order valence-electron chi connectivity index (χ2n) is 4.71. The monoisotopic (exact) mass is 294 g/mol. The molecule has 3 heteroatoms.